The maximum atomic E-state index is 11.9. The number of halogens is 2. The summed E-state index contributed by atoms with van der Waals surface area (Å²) < 4.78 is 0. The Morgan fingerprint density at radius 2 is 2.00 bits per heavy atom. The number of hydrogen-bond acceptors (Lipinski definition) is 3. The Hall–Kier alpha value is -0.840. The van der Waals surface area contributed by atoms with Crippen LogP contribution in [0.5, 0.6) is 0 Å². The first-order valence-electron chi connectivity index (χ1n) is 5.95. The van der Waals surface area contributed by atoms with Crippen LogP contribution < -0.4 is 11.1 Å². The molecule has 6 heteroatoms. The Labute approximate surface area is 127 Å². The van der Waals surface area contributed by atoms with Gasteiger partial charge in [0.1, 0.15) is 0 Å². The maximum absolute atomic E-state index is 11.9. The van der Waals surface area contributed by atoms with Gasteiger partial charge < -0.3 is 11.1 Å². The molecule has 1 aromatic rings. The SMILES string of the molecule is Cc1cncc(C(=O)NC(CN)CC(C)C)c1.Cl.Cl. The van der Waals surface area contributed by atoms with Crippen molar-refractivity contribution in [3.8, 4) is 0 Å². The highest BCUT2D eigenvalue weighted by Crippen LogP contribution is 2.06. The smallest absolute Gasteiger partial charge is 0.253 e. The number of hydrogen-bond donors (Lipinski definition) is 2. The molecule has 0 fully saturated rings. The van der Waals surface area contributed by atoms with Crippen molar-refractivity contribution >= 4 is 30.7 Å². The molecule has 0 saturated carbocycles. The third-order valence-electron chi connectivity index (χ3n) is 2.51. The third kappa shape index (κ3) is 7.35. The molecule has 0 bridgehead atoms. The minimum atomic E-state index is -0.0997. The lowest BCUT2D eigenvalue weighted by Crippen LogP contribution is -2.41. The van der Waals surface area contributed by atoms with Gasteiger partial charge in [0.2, 0.25) is 0 Å². The second-order valence-electron chi connectivity index (χ2n) is 4.79. The van der Waals surface area contributed by atoms with Gasteiger partial charge in [0, 0.05) is 25.0 Å². The van der Waals surface area contributed by atoms with Crippen molar-refractivity contribution in [2.75, 3.05) is 6.54 Å². The van der Waals surface area contributed by atoms with Crippen LogP contribution in [0, 0.1) is 12.8 Å². The molecule has 1 amide bonds. The van der Waals surface area contributed by atoms with Crippen molar-refractivity contribution in [3.05, 3.63) is 29.6 Å². The van der Waals surface area contributed by atoms with Crippen LogP contribution >= 0.6 is 24.8 Å². The van der Waals surface area contributed by atoms with Crippen LogP contribution in [0.3, 0.4) is 0 Å². The standard InChI is InChI=1S/C13H21N3O.2ClH/c1-9(2)4-12(6-14)16-13(17)11-5-10(3)7-15-8-11;;/h5,7-9,12H,4,6,14H2,1-3H3,(H,16,17);2*1H. The van der Waals surface area contributed by atoms with Gasteiger partial charge in [0.25, 0.3) is 5.91 Å². The molecule has 0 aliphatic carbocycles. The number of pyridine rings is 1. The van der Waals surface area contributed by atoms with Crippen molar-refractivity contribution in [2.24, 2.45) is 11.7 Å². The summed E-state index contributed by atoms with van der Waals surface area (Å²) >= 11 is 0. The largest absolute Gasteiger partial charge is 0.348 e. The molecule has 1 rings (SSSR count). The molecule has 1 atom stereocenters. The zero-order valence-corrected chi connectivity index (χ0v) is 13.2. The molecule has 3 N–H and O–H groups in total. The minimum Gasteiger partial charge on any atom is -0.348 e. The number of amides is 1. The first kappa shape index (κ1) is 20.5. The highest BCUT2D eigenvalue weighted by molar-refractivity contribution is 5.94. The molecular weight excluding hydrogens is 285 g/mol. The van der Waals surface area contributed by atoms with Gasteiger partial charge in [-0.25, -0.2) is 0 Å². The molecule has 4 nitrogen and oxygen atoms in total. The van der Waals surface area contributed by atoms with Gasteiger partial charge in [-0.15, -0.1) is 24.8 Å². The fourth-order valence-corrected chi connectivity index (χ4v) is 1.73. The number of nitrogens with zero attached hydrogens (tertiary/aromatic N) is 1. The summed E-state index contributed by atoms with van der Waals surface area (Å²) in [6.07, 6.45) is 4.19. The molecular formula is C13H23Cl2N3O. The Morgan fingerprint density at radius 1 is 1.37 bits per heavy atom. The van der Waals surface area contributed by atoms with Gasteiger partial charge in [0.05, 0.1) is 5.56 Å². The van der Waals surface area contributed by atoms with E-state index in [0.717, 1.165) is 12.0 Å². The van der Waals surface area contributed by atoms with Crippen molar-refractivity contribution in [1.82, 2.24) is 10.3 Å². The fraction of sp³-hybridized carbons (Fsp3) is 0.538. The van der Waals surface area contributed by atoms with Crippen LogP contribution in [0.15, 0.2) is 18.5 Å². The minimum absolute atomic E-state index is 0. The van der Waals surface area contributed by atoms with Crippen molar-refractivity contribution in [3.63, 3.8) is 0 Å². The van der Waals surface area contributed by atoms with Crippen LogP contribution in [0.1, 0.15) is 36.2 Å². The van der Waals surface area contributed by atoms with E-state index in [9.17, 15) is 4.79 Å². The maximum Gasteiger partial charge on any atom is 0.253 e. The first-order chi connectivity index (χ1) is 8.02. The number of carbonyl (C=O) groups excluding carboxylic acids is 1. The lowest BCUT2D eigenvalue weighted by molar-refractivity contribution is 0.0933. The Bertz CT molecular complexity index is 386. The summed E-state index contributed by atoms with van der Waals surface area (Å²) in [6.45, 7) is 6.60. The van der Waals surface area contributed by atoms with Gasteiger partial charge in [-0.3, -0.25) is 9.78 Å². The Morgan fingerprint density at radius 3 is 2.47 bits per heavy atom. The van der Waals surface area contributed by atoms with Crippen LogP contribution in [-0.2, 0) is 0 Å². The quantitative estimate of drug-likeness (QED) is 0.877. The summed E-state index contributed by atoms with van der Waals surface area (Å²) in [5.74, 6) is 0.414. The zero-order valence-electron chi connectivity index (χ0n) is 11.6. The number of carbonyl (C=O) groups is 1. The van der Waals surface area contributed by atoms with Gasteiger partial charge in [-0.1, -0.05) is 13.8 Å². The average molecular weight is 308 g/mol. The van der Waals surface area contributed by atoms with E-state index in [-0.39, 0.29) is 36.8 Å². The molecule has 0 aliphatic rings. The lowest BCUT2D eigenvalue weighted by Gasteiger charge is -2.18. The second-order valence-corrected chi connectivity index (χ2v) is 4.79. The normalized spacial score (nSPS) is 11.2. The van der Waals surface area contributed by atoms with Crippen LogP contribution in [0.2, 0.25) is 0 Å². The Kier molecular flexibility index (Phi) is 10.8. The second kappa shape index (κ2) is 10.0. The number of aromatic nitrogens is 1. The summed E-state index contributed by atoms with van der Waals surface area (Å²) in [4.78, 5) is 15.9. The number of nitrogens with one attached hydrogen (secondary N) is 1. The summed E-state index contributed by atoms with van der Waals surface area (Å²) in [7, 11) is 0. The van der Waals surface area contributed by atoms with Crippen LogP contribution in [0.25, 0.3) is 0 Å². The molecule has 0 spiro atoms. The van der Waals surface area contributed by atoms with E-state index in [0.29, 0.717) is 18.0 Å². The van der Waals surface area contributed by atoms with Crippen molar-refractivity contribution in [2.45, 2.75) is 33.2 Å². The average Bonchev–Trinajstić information content (AvgIpc) is 2.27. The zero-order chi connectivity index (χ0) is 12.8. The van der Waals surface area contributed by atoms with Gasteiger partial charge in [-0.2, -0.15) is 0 Å². The van der Waals surface area contributed by atoms with E-state index in [1.165, 1.54) is 0 Å². The molecule has 0 aromatic carbocycles. The summed E-state index contributed by atoms with van der Waals surface area (Å²) in [5.41, 5.74) is 7.21. The molecule has 0 saturated heterocycles. The van der Waals surface area contributed by atoms with E-state index >= 15 is 0 Å². The molecule has 0 aliphatic heterocycles. The fourth-order valence-electron chi connectivity index (χ4n) is 1.73. The van der Waals surface area contributed by atoms with E-state index in [1.807, 2.05) is 13.0 Å². The van der Waals surface area contributed by atoms with E-state index in [1.54, 1.807) is 12.4 Å². The molecule has 1 unspecified atom stereocenters. The number of rotatable bonds is 5. The lowest BCUT2D eigenvalue weighted by atomic mass is 10.0. The van der Waals surface area contributed by atoms with E-state index < -0.39 is 0 Å². The van der Waals surface area contributed by atoms with Crippen LogP contribution in [-0.4, -0.2) is 23.5 Å². The topological polar surface area (TPSA) is 68.0 Å². The monoisotopic (exact) mass is 307 g/mol. The highest BCUT2D eigenvalue weighted by Gasteiger charge is 2.13. The summed E-state index contributed by atoms with van der Waals surface area (Å²) in [5, 5.41) is 2.94. The third-order valence-corrected chi connectivity index (χ3v) is 2.51. The number of aryl methyl sites for hydroxylation is 1. The van der Waals surface area contributed by atoms with Crippen molar-refractivity contribution < 1.29 is 4.79 Å². The molecule has 1 heterocycles. The molecule has 110 valence electrons. The van der Waals surface area contributed by atoms with E-state index in [4.69, 9.17) is 5.73 Å². The summed E-state index contributed by atoms with van der Waals surface area (Å²) in [6, 6.07) is 1.86. The van der Waals surface area contributed by atoms with E-state index in [2.05, 4.69) is 24.1 Å². The molecule has 19 heavy (non-hydrogen) atoms. The predicted molar refractivity (Wildman–Crippen MR) is 83.2 cm³/mol. The van der Waals surface area contributed by atoms with Gasteiger partial charge in [-0.05, 0) is 30.9 Å². The number of nitrogens with two attached hydrogens (primary N) is 1. The predicted octanol–water partition coefficient (Wildman–Crippen LogP) is 2.34. The van der Waals surface area contributed by atoms with Gasteiger partial charge in [0.15, 0.2) is 0 Å². The Balaban J connectivity index is 0. The molecule has 1 aromatic heterocycles. The molecule has 0 radical (unpaired) electrons. The van der Waals surface area contributed by atoms with Gasteiger partial charge >= 0.3 is 0 Å². The highest BCUT2D eigenvalue weighted by atomic mass is 35.5. The first-order valence-corrected chi connectivity index (χ1v) is 5.95. The van der Waals surface area contributed by atoms with Crippen molar-refractivity contribution in [1.29, 1.82) is 0 Å². The van der Waals surface area contributed by atoms with Crippen LogP contribution in [0.4, 0.5) is 0 Å².